The fourth-order valence-electron chi connectivity index (χ4n) is 2.25. The highest BCUT2D eigenvalue weighted by molar-refractivity contribution is 5.92. The first-order valence-electron chi connectivity index (χ1n) is 7.86. The first-order valence-corrected chi connectivity index (χ1v) is 7.86. The molecule has 0 saturated heterocycles. The summed E-state index contributed by atoms with van der Waals surface area (Å²) in [7, 11) is 0. The lowest BCUT2D eigenvalue weighted by Crippen LogP contribution is -2.23. The number of nitrogens with zero attached hydrogens (tertiary/aromatic N) is 2. The molecule has 23 heavy (non-hydrogen) atoms. The minimum Gasteiger partial charge on any atom is -0.370 e. The number of benzene rings is 1. The van der Waals surface area contributed by atoms with E-state index in [1.165, 1.54) is 11.1 Å². The Hall–Kier alpha value is -2.56. The molecule has 0 aliphatic rings. The van der Waals surface area contributed by atoms with Crippen molar-refractivity contribution in [2.45, 2.75) is 33.2 Å². The van der Waals surface area contributed by atoms with Gasteiger partial charge in [-0.25, -0.2) is 0 Å². The van der Waals surface area contributed by atoms with Crippen molar-refractivity contribution in [1.82, 2.24) is 4.57 Å². The summed E-state index contributed by atoms with van der Waals surface area (Å²) in [6, 6.07) is 11.3. The van der Waals surface area contributed by atoms with Crippen LogP contribution in [0, 0.1) is 13.8 Å². The van der Waals surface area contributed by atoms with Gasteiger partial charge in [-0.05, 0) is 56.0 Å². The van der Waals surface area contributed by atoms with Crippen LogP contribution in [0.1, 0.15) is 24.0 Å². The minimum atomic E-state index is 0.0342. The molecule has 0 amide bonds. The molecule has 2 rings (SSSR count). The smallest absolute Gasteiger partial charge is 0.250 e. The number of hydrogen-bond donors (Lipinski definition) is 2. The third-order valence-electron chi connectivity index (χ3n) is 3.77. The number of nitrogens with one attached hydrogen (secondary N) is 1. The number of unbranched alkanes of at least 4 members (excludes halogenated alkanes) is 1. The Labute approximate surface area is 136 Å². The number of aliphatic imine (C=N–C) groups is 1. The van der Waals surface area contributed by atoms with Crippen molar-refractivity contribution in [1.29, 1.82) is 0 Å². The van der Waals surface area contributed by atoms with Gasteiger partial charge in [0.15, 0.2) is 5.96 Å². The molecule has 122 valence electrons. The molecule has 3 N–H and O–H groups in total. The van der Waals surface area contributed by atoms with Gasteiger partial charge in [0.25, 0.3) is 0 Å². The molecular formula is C18H24N4O. The quantitative estimate of drug-likeness (QED) is 0.489. The van der Waals surface area contributed by atoms with Gasteiger partial charge in [0.05, 0.1) is 0 Å². The SMILES string of the molecule is Cc1ccc(NC(N)=NCCCCn2ccccc2=O)cc1C. The van der Waals surface area contributed by atoms with E-state index in [0.717, 1.165) is 18.5 Å². The molecule has 0 spiro atoms. The zero-order chi connectivity index (χ0) is 16.7. The predicted octanol–water partition coefficient (Wildman–Crippen LogP) is 2.67. The second-order valence-electron chi connectivity index (χ2n) is 5.63. The van der Waals surface area contributed by atoms with E-state index >= 15 is 0 Å². The van der Waals surface area contributed by atoms with Crippen molar-refractivity contribution in [2.75, 3.05) is 11.9 Å². The van der Waals surface area contributed by atoms with E-state index in [1.807, 2.05) is 12.1 Å². The number of aromatic nitrogens is 1. The Morgan fingerprint density at radius 1 is 1.17 bits per heavy atom. The summed E-state index contributed by atoms with van der Waals surface area (Å²) in [4.78, 5) is 15.9. The predicted molar refractivity (Wildman–Crippen MR) is 96.0 cm³/mol. The Morgan fingerprint density at radius 2 is 2.00 bits per heavy atom. The van der Waals surface area contributed by atoms with E-state index < -0.39 is 0 Å². The number of hydrogen-bond acceptors (Lipinski definition) is 2. The number of pyridine rings is 1. The molecule has 0 radical (unpaired) electrons. The van der Waals surface area contributed by atoms with Crippen molar-refractivity contribution in [3.8, 4) is 0 Å². The molecule has 0 aliphatic carbocycles. The Bertz CT molecular complexity index is 734. The number of anilines is 1. The molecule has 0 bridgehead atoms. The monoisotopic (exact) mass is 312 g/mol. The summed E-state index contributed by atoms with van der Waals surface area (Å²) in [5.74, 6) is 0.421. The molecule has 0 unspecified atom stereocenters. The number of guanidine groups is 1. The Kier molecular flexibility index (Phi) is 5.97. The van der Waals surface area contributed by atoms with E-state index in [0.29, 0.717) is 19.0 Å². The third-order valence-corrected chi connectivity index (χ3v) is 3.77. The van der Waals surface area contributed by atoms with Gasteiger partial charge in [-0.1, -0.05) is 12.1 Å². The highest BCUT2D eigenvalue weighted by atomic mass is 16.1. The average Bonchev–Trinajstić information content (AvgIpc) is 2.52. The summed E-state index contributed by atoms with van der Waals surface area (Å²) in [5.41, 5.74) is 9.35. The summed E-state index contributed by atoms with van der Waals surface area (Å²) in [5, 5.41) is 3.10. The lowest BCUT2D eigenvalue weighted by molar-refractivity contribution is 0.599. The van der Waals surface area contributed by atoms with Crippen LogP contribution in [0.25, 0.3) is 0 Å². The molecule has 5 nitrogen and oxygen atoms in total. The van der Waals surface area contributed by atoms with Crippen LogP contribution in [0.3, 0.4) is 0 Å². The van der Waals surface area contributed by atoms with Crippen molar-refractivity contribution in [2.24, 2.45) is 10.7 Å². The molecule has 1 aromatic heterocycles. The summed E-state index contributed by atoms with van der Waals surface area (Å²) in [6.45, 7) is 5.50. The first-order chi connectivity index (χ1) is 11.1. The average molecular weight is 312 g/mol. The zero-order valence-electron chi connectivity index (χ0n) is 13.7. The van der Waals surface area contributed by atoms with Crippen LogP contribution in [-0.4, -0.2) is 17.1 Å². The van der Waals surface area contributed by atoms with Gasteiger partial charge in [-0.3, -0.25) is 9.79 Å². The Balaban J connectivity index is 1.75. The molecular weight excluding hydrogens is 288 g/mol. The highest BCUT2D eigenvalue weighted by Crippen LogP contribution is 2.13. The molecule has 2 aromatic rings. The molecule has 0 aliphatic heterocycles. The van der Waals surface area contributed by atoms with Crippen LogP contribution < -0.4 is 16.6 Å². The van der Waals surface area contributed by atoms with Crippen molar-refractivity contribution >= 4 is 11.6 Å². The van der Waals surface area contributed by atoms with Crippen LogP contribution in [0.5, 0.6) is 0 Å². The van der Waals surface area contributed by atoms with Crippen molar-refractivity contribution in [3.63, 3.8) is 0 Å². The van der Waals surface area contributed by atoms with Gasteiger partial charge in [-0.15, -0.1) is 0 Å². The Morgan fingerprint density at radius 3 is 2.74 bits per heavy atom. The maximum atomic E-state index is 11.6. The fraction of sp³-hybridized carbons (Fsp3) is 0.333. The van der Waals surface area contributed by atoms with Crippen molar-refractivity contribution in [3.05, 3.63) is 64.1 Å². The van der Waals surface area contributed by atoms with E-state index in [1.54, 1.807) is 22.9 Å². The van der Waals surface area contributed by atoms with Crippen LogP contribution in [0.2, 0.25) is 0 Å². The van der Waals surface area contributed by atoms with Gasteiger partial charge in [-0.2, -0.15) is 0 Å². The molecule has 0 saturated carbocycles. The van der Waals surface area contributed by atoms with Gasteiger partial charge in [0.1, 0.15) is 0 Å². The van der Waals surface area contributed by atoms with Crippen LogP contribution in [0.15, 0.2) is 52.4 Å². The fourth-order valence-corrected chi connectivity index (χ4v) is 2.25. The van der Waals surface area contributed by atoms with E-state index in [4.69, 9.17) is 5.73 Å². The number of rotatable bonds is 6. The summed E-state index contributed by atoms with van der Waals surface area (Å²) in [6.07, 6.45) is 3.59. The summed E-state index contributed by atoms with van der Waals surface area (Å²) >= 11 is 0. The van der Waals surface area contributed by atoms with Gasteiger partial charge in [0.2, 0.25) is 5.56 Å². The zero-order valence-corrected chi connectivity index (χ0v) is 13.7. The largest absolute Gasteiger partial charge is 0.370 e. The number of nitrogens with two attached hydrogens (primary N) is 1. The summed E-state index contributed by atoms with van der Waals surface area (Å²) < 4.78 is 1.71. The maximum Gasteiger partial charge on any atom is 0.250 e. The van der Waals surface area contributed by atoms with Gasteiger partial charge in [0, 0.05) is 31.0 Å². The van der Waals surface area contributed by atoms with Gasteiger partial charge < -0.3 is 15.6 Å². The highest BCUT2D eigenvalue weighted by Gasteiger charge is 1.98. The topological polar surface area (TPSA) is 72.4 Å². The van der Waals surface area contributed by atoms with Gasteiger partial charge >= 0.3 is 0 Å². The van der Waals surface area contributed by atoms with Crippen LogP contribution >= 0.6 is 0 Å². The van der Waals surface area contributed by atoms with Crippen LogP contribution in [0.4, 0.5) is 5.69 Å². The first kappa shape index (κ1) is 16.8. The number of aryl methyl sites for hydroxylation is 3. The van der Waals surface area contributed by atoms with E-state index in [-0.39, 0.29) is 5.56 Å². The second-order valence-corrected chi connectivity index (χ2v) is 5.63. The standard InChI is InChI=1S/C18H24N4O/c1-14-8-9-16(13-15(14)2)21-18(19)20-10-4-6-12-22-11-5-3-7-17(22)23/h3,5,7-9,11,13H,4,6,10,12H2,1-2H3,(H3,19,20,21). The third kappa shape index (κ3) is 5.29. The molecule has 1 heterocycles. The molecule has 5 heteroatoms. The maximum absolute atomic E-state index is 11.6. The van der Waals surface area contributed by atoms with E-state index in [2.05, 4.69) is 36.3 Å². The lowest BCUT2D eigenvalue weighted by atomic mass is 10.1. The molecule has 0 fully saturated rings. The van der Waals surface area contributed by atoms with Crippen molar-refractivity contribution < 1.29 is 0 Å². The molecule has 1 aromatic carbocycles. The lowest BCUT2D eigenvalue weighted by Gasteiger charge is -2.08. The molecule has 0 atom stereocenters. The minimum absolute atomic E-state index is 0.0342. The normalized spacial score (nSPS) is 11.5. The van der Waals surface area contributed by atoms with E-state index in [9.17, 15) is 4.79 Å². The second kappa shape index (κ2) is 8.17. The van der Waals surface area contributed by atoms with Crippen LogP contribution in [-0.2, 0) is 6.54 Å².